The molecule has 0 aliphatic carbocycles. The van der Waals surface area contributed by atoms with Gasteiger partial charge < -0.3 is 19.1 Å². The summed E-state index contributed by atoms with van der Waals surface area (Å²) in [6.45, 7) is 0.632. The van der Waals surface area contributed by atoms with E-state index in [9.17, 15) is 14.4 Å². The first-order chi connectivity index (χ1) is 14.1. The lowest BCUT2D eigenvalue weighted by Crippen LogP contribution is -2.58. The molecule has 1 aromatic heterocycles. The van der Waals surface area contributed by atoms with Crippen LogP contribution in [0.25, 0.3) is 0 Å². The molecular weight excluding hydrogens is 378 g/mol. The van der Waals surface area contributed by atoms with E-state index >= 15 is 0 Å². The van der Waals surface area contributed by atoms with E-state index in [1.165, 1.54) is 13.2 Å². The molecule has 0 N–H and O–H groups in total. The lowest BCUT2D eigenvalue weighted by molar-refractivity contribution is 0.0133. The van der Waals surface area contributed by atoms with Crippen molar-refractivity contribution in [2.75, 3.05) is 25.5 Å². The summed E-state index contributed by atoms with van der Waals surface area (Å²) in [5.41, 5.74) is 0.741. The van der Waals surface area contributed by atoms with E-state index in [0.717, 1.165) is 18.4 Å². The summed E-state index contributed by atoms with van der Waals surface area (Å²) < 4.78 is 16.2. The van der Waals surface area contributed by atoms with Gasteiger partial charge in [0.25, 0.3) is 5.91 Å². The van der Waals surface area contributed by atoms with E-state index in [-0.39, 0.29) is 23.5 Å². The first kappa shape index (κ1) is 18.9. The number of ether oxygens (including phenoxy) is 3. The van der Waals surface area contributed by atoms with Gasteiger partial charge in [0.15, 0.2) is 5.69 Å². The molecule has 0 saturated carbocycles. The van der Waals surface area contributed by atoms with Crippen molar-refractivity contribution in [1.29, 1.82) is 0 Å². The molecule has 1 saturated heterocycles. The molecule has 9 nitrogen and oxygen atoms in total. The molecule has 1 amide bonds. The zero-order chi connectivity index (χ0) is 20.4. The average molecular weight is 399 g/mol. The summed E-state index contributed by atoms with van der Waals surface area (Å²) in [5, 5.41) is 2.05. The highest BCUT2D eigenvalue weighted by atomic mass is 16.8. The predicted octanol–water partition coefficient (Wildman–Crippen LogP) is 1.68. The van der Waals surface area contributed by atoms with Crippen molar-refractivity contribution >= 4 is 12.1 Å². The van der Waals surface area contributed by atoms with Crippen molar-refractivity contribution < 1.29 is 23.8 Å². The van der Waals surface area contributed by atoms with Crippen LogP contribution in [-0.4, -0.2) is 48.3 Å². The summed E-state index contributed by atoms with van der Waals surface area (Å²) in [7, 11) is 1.17. The molecule has 2 aromatic rings. The van der Waals surface area contributed by atoms with Crippen molar-refractivity contribution in [3.8, 4) is 5.75 Å². The molecule has 1 atom stereocenters. The van der Waals surface area contributed by atoms with Crippen LogP contribution in [0.15, 0.2) is 47.4 Å². The minimum absolute atomic E-state index is 0.100. The van der Waals surface area contributed by atoms with Crippen LogP contribution in [0.1, 0.15) is 28.9 Å². The molecule has 3 heterocycles. The number of methoxy groups -OCH3 is 1. The summed E-state index contributed by atoms with van der Waals surface area (Å²) in [6.07, 6.45) is 2.26. The lowest BCUT2D eigenvalue weighted by Gasteiger charge is -2.43. The maximum absolute atomic E-state index is 13.1. The molecule has 4 rings (SSSR count). The van der Waals surface area contributed by atoms with E-state index in [0.29, 0.717) is 13.1 Å². The second kappa shape index (κ2) is 7.86. The number of carbonyl (C=O) groups excluding carboxylic acids is 2. The summed E-state index contributed by atoms with van der Waals surface area (Å²) in [6, 6.07) is 11.2. The largest absolute Gasteiger partial charge is 0.510 e. The number of rotatable bonds is 5. The molecule has 2 aliphatic heterocycles. The first-order valence-electron chi connectivity index (χ1n) is 9.31. The Balaban J connectivity index is 1.72. The number of pyridine rings is 1. The number of nitrogens with zero attached hydrogens (tertiary/aromatic N) is 3. The number of amides is 1. The van der Waals surface area contributed by atoms with Gasteiger partial charge in [0.1, 0.15) is 6.17 Å². The third-order valence-electron chi connectivity index (χ3n) is 5.07. The molecule has 0 radical (unpaired) electrons. The molecular formula is C20H21N3O6. The number of hydrogen-bond acceptors (Lipinski definition) is 7. The molecule has 1 aromatic carbocycles. The number of benzene rings is 1. The first-order valence-corrected chi connectivity index (χ1v) is 9.31. The van der Waals surface area contributed by atoms with Crippen LogP contribution < -0.4 is 15.2 Å². The predicted molar refractivity (Wildman–Crippen MR) is 102 cm³/mol. The van der Waals surface area contributed by atoms with Gasteiger partial charge >= 0.3 is 6.16 Å². The Morgan fingerprint density at radius 2 is 1.97 bits per heavy atom. The second-order valence-electron chi connectivity index (χ2n) is 6.77. The van der Waals surface area contributed by atoms with Crippen LogP contribution in [-0.2, 0) is 16.0 Å². The van der Waals surface area contributed by atoms with Gasteiger partial charge in [-0.25, -0.2) is 4.79 Å². The molecule has 0 bridgehead atoms. The van der Waals surface area contributed by atoms with Gasteiger partial charge in [0.05, 0.1) is 13.7 Å². The standard InChI is InChI=1S/C20H21N3O6/c1-27-20(26)29-13-28-18-15(24)9-11-22-17(18)19(25)21-10-5-8-16(21)23(22)12-14-6-3-2-4-7-14/h2-4,6-7,9,11,16H,5,8,10,12-13H2,1H3. The monoisotopic (exact) mass is 399 g/mol. The van der Waals surface area contributed by atoms with Crippen molar-refractivity contribution in [1.82, 2.24) is 9.58 Å². The van der Waals surface area contributed by atoms with Crippen LogP contribution in [0.4, 0.5) is 4.79 Å². The Kier molecular flexibility index (Phi) is 5.11. The number of fused-ring (bicyclic) bond motifs is 2. The molecule has 1 fully saturated rings. The van der Waals surface area contributed by atoms with Crippen LogP contribution >= 0.6 is 0 Å². The molecule has 1 unspecified atom stereocenters. The summed E-state index contributed by atoms with van der Waals surface area (Å²) in [4.78, 5) is 38.5. The second-order valence-corrected chi connectivity index (χ2v) is 6.77. The Hall–Kier alpha value is -3.49. The van der Waals surface area contributed by atoms with Crippen LogP contribution in [0.2, 0.25) is 0 Å². The van der Waals surface area contributed by atoms with Gasteiger partial charge in [0.2, 0.25) is 18.0 Å². The number of carbonyl (C=O) groups is 2. The minimum atomic E-state index is -0.938. The Morgan fingerprint density at radius 1 is 1.17 bits per heavy atom. The van der Waals surface area contributed by atoms with Gasteiger partial charge in [-0.2, -0.15) is 0 Å². The van der Waals surface area contributed by atoms with Crippen LogP contribution in [0.5, 0.6) is 5.75 Å². The van der Waals surface area contributed by atoms with E-state index in [2.05, 4.69) is 4.74 Å². The fraction of sp³-hybridized carbons (Fsp3) is 0.350. The van der Waals surface area contributed by atoms with Gasteiger partial charge in [-0.3, -0.25) is 19.3 Å². The van der Waals surface area contributed by atoms with Crippen LogP contribution in [0.3, 0.4) is 0 Å². The number of hydrogen-bond donors (Lipinski definition) is 0. The fourth-order valence-electron chi connectivity index (χ4n) is 3.78. The molecule has 2 aliphatic rings. The van der Waals surface area contributed by atoms with Gasteiger partial charge in [-0.1, -0.05) is 30.3 Å². The summed E-state index contributed by atoms with van der Waals surface area (Å²) >= 11 is 0. The molecule has 0 spiro atoms. The Morgan fingerprint density at radius 3 is 2.72 bits per heavy atom. The minimum Gasteiger partial charge on any atom is -0.451 e. The maximum atomic E-state index is 13.1. The molecule has 29 heavy (non-hydrogen) atoms. The SMILES string of the molecule is COC(=O)OCOc1c2n(ccc1=O)N(Cc1ccccc1)C1CCCN1C2=O. The lowest BCUT2D eigenvalue weighted by atomic mass is 10.2. The number of aromatic nitrogens is 1. The fourth-order valence-corrected chi connectivity index (χ4v) is 3.78. The van der Waals surface area contributed by atoms with E-state index < -0.39 is 18.4 Å². The van der Waals surface area contributed by atoms with Gasteiger partial charge in [-0.05, 0) is 18.4 Å². The third kappa shape index (κ3) is 3.51. The molecule has 152 valence electrons. The Labute approximate surface area is 167 Å². The quantitative estimate of drug-likeness (QED) is 0.558. The van der Waals surface area contributed by atoms with Crippen molar-refractivity contribution in [3.63, 3.8) is 0 Å². The van der Waals surface area contributed by atoms with Crippen molar-refractivity contribution in [3.05, 3.63) is 64.1 Å². The molecule has 9 heteroatoms. The topological polar surface area (TPSA) is 90.3 Å². The highest BCUT2D eigenvalue weighted by Gasteiger charge is 2.42. The van der Waals surface area contributed by atoms with Gasteiger partial charge in [0, 0.05) is 18.8 Å². The maximum Gasteiger partial charge on any atom is 0.510 e. The van der Waals surface area contributed by atoms with Crippen molar-refractivity contribution in [2.24, 2.45) is 0 Å². The van der Waals surface area contributed by atoms with Crippen LogP contribution in [0, 0.1) is 0 Å². The zero-order valence-electron chi connectivity index (χ0n) is 15.9. The van der Waals surface area contributed by atoms with E-state index in [1.54, 1.807) is 15.8 Å². The smallest absolute Gasteiger partial charge is 0.451 e. The zero-order valence-corrected chi connectivity index (χ0v) is 15.9. The Bertz CT molecular complexity index is 974. The third-order valence-corrected chi connectivity index (χ3v) is 5.07. The van der Waals surface area contributed by atoms with E-state index in [1.807, 2.05) is 35.3 Å². The van der Waals surface area contributed by atoms with Crippen molar-refractivity contribution in [2.45, 2.75) is 25.6 Å². The normalized spacial score (nSPS) is 17.6. The highest BCUT2D eigenvalue weighted by Crippen LogP contribution is 2.31. The van der Waals surface area contributed by atoms with E-state index in [4.69, 9.17) is 9.47 Å². The van der Waals surface area contributed by atoms with Gasteiger partial charge in [-0.15, -0.1) is 0 Å². The average Bonchev–Trinajstić information content (AvgIpc) is 3.23. The summed E-state index contributed by atoms with van der Waals surface area (Å²) in [5.74, 6) is -0.424. The highest BCUT2D eigenvalue weighted by molar-refractivity contribution is 5.96.